The van der Waals surface area contributed by atoms with Crippen LogP contribution in [0, 0.1) is 16.0 Å². The second kappa shape index (κ2) is 6.94. The summed E-state index contributed by atoms with van der Waals surface area (Å²) in [7, 11) is 0. The Hall–Kier alpha value is -0.640. The van der Waals surface area contributed by atoms with Gasteiger partial charge < -0.3 is 5.32 Å². The van der Waals surface area contributed by atoms with Crippen LogP contribution in [0.1, 0.15) is 59.3 Å². The predicted octanol–water partition coefficient (Wildman–Crippen LogP) is 2.99. The van der Waals surface area contributed by atoms with E-state index in [1.54, 1.807) is 6.92 Å². The highest BCUT2D eigenvalue weighted by molar-refractivity contribution is 4.81. The van der Waals surface area contributed by atoms with Crippen molar-refractivity contribution in [2.75, 3.05) is 0 Å². The van der Waals surface area contributed by atoms with Gasteiger partial charge in [0.05, 0.1) is 6.04 Å². The van der Waals surface area contributed by atoms with Crippen molar-refractivity contribution in [1.82, 2.24) is 5.32 Å². The van der Waals surface area contributed by atoms with E-state index >= 15 is 0 Å². The van der Waals surface area contributed by atoms with Gasteiger partial charge >= 0.3 is 0 Å². The van der Waals surface area contributed by atoms with Gasteiger partial charge in [0.25, 0.3) is 0 Å². The summed E-state index contributed by atoms with van der Waals surface area (Å²) >= 11 is 0. The lowest BCUT2D eigenvalue weighted by Gasteiger charge is -2.29. The Balaban J connectivity index is 2.52. The molecule has 2 unspecified atom stereocenters. The van der Waals surface area contributed by atoms with Crippen LogP contribution in [0.25, 0.3) is 0 Å². The quantitative estimate of drug-likeness (QED) is 0.575. The maximum atomic E-state index is 10.9. The molecule has 0 aromatic carbocycles. The van der Waals surface area contributed by atoms with E-state index in [9.17, 15) is 10.1 Å². The topological polar surface area (TPSA) is 55.2 Å². The van der Waals surface area contributed by atoms with Crippen molar-refractivity contribution >= 4 is 0 Å². The van der Waals surface area contributed by atoms with Crippen LogP contribution in [-0.4, -0.2) is 23.0 Å². The molecule has 0 bridgehead atoms. The van der Waals surface area contributed by atoms with Gasteiger partial charge in [-0.1, -0.05) is 33.1 Å². The third-order valence-electron chi connectivity index (χ3n) is 3.70. The molecule has 0 aromatic rings. The van der Waals surface area contributed by atoms with Gasteiger partial charge in [-0.3, -0.25) is 10.1 Å². The molecule has 1 aliphatic rings. The molecule has 17 heavy (non-hydrogen) atoms. The maximum Gasteiger partial charge on any atom is 0.225 e. The monoisotopic (exact) mass is 242 g/mol. The summed E-state index contributed by atoms with van der Waals surface area (Å²) in [6.07, 6.45) is 7.09. The van der Waals surface area contributed by atoms with Crippen LogP contribution in [0.5, 0.6) is 0 Å². The normalized spacial score (nSPS) is 21.4. The number of hydrogen-bond acceptors (Lipinski definition) is 3. The maximum absolute atomic E-state index is 10.9. The standard InChI is InChI=1S/C13H26N2O2/c1-10(2)9-13(11(3)15(16)17)14-12-7-5-4-6-8-12/h10-14H,4-9H2,1-3H3. The minimum Gasteiger partial charge on any atom is -0.305 e. The summed E-state index contributed by atoms with van der Waals surface area (Å²) in [6.45, 7) is 5.98. The Morgan fingerprint density at radius 3 is 2.29 bits per heavy atom. The zero-order valence-electron chi connectivity index (χ0n) is 11.3. The van der Waals surface area contributed by atoms with Crippen molar-refractivity contribution in [3.05, 3.63) is 10.1 Å². The molecule has 0 amide bonds. The van der Waals surface area contributed by atoms with Crippen LogP contribution in [0.15, 0.2) is 0 Å². The van der Waals surface area contributed by atoms with E-state index < -0.39 is 6.04 Å². The molecule has 1 fully saturated rings. The second-order valence-corrected chi connectivity index (χ2v) is 5.76. The molecule has 1 saturated carbocycles. The van der Waals surface area contributed by atoms with Gasteiger partial charge in [0.1, 0.15) is 0 Å². The van der Waals surface area contributed by atoms with Crippen LogP contribution < -0.4 is 5.32 Å². The Morgan fingerprint density at radius 2 is 1.82 bits per heavy atom. The summed E-state index contributed by atoms with van der Waals surface area (Å²) in [5.74, 6) is 0.499. The molecule has 4 nitrogen and oxygen atoms in total. The molecule has 0 heterocycles. The first-order valence-corrected chi connectivity index (χ1v) is 6.90. The lowest BCUT2D eigenvalue weighted by Crippen LogP contribution is -2.48. The van der Waals surface area contributed by atoms with Gasteiger partial charge in [0, 0.05) is 17.9 Å². The minimum atomic E-state index is -0.487. The molecule has 2 atom stereocenters. The van der Waals surface area contributed by atoms with E-state index in [4.69, 9.17) is 0 Å². The molecule has 0 radical (unpaired) electrons. The first-order chi connectivity index (χ1) is 8.00. The molecule has 1 aliphatic carbocycles. The molecular formula is C13H26N2O2. The van der Waals surface area contributed by atoms with E-state index in [-0.39, 0.29) is 11.0 Å². The average molecular weight is 242 g/mol. The Bertz CT molecular complexity index is 238. The molecule has 0 saturated heterocycles. The van der Waals surface area contributed by atoms with Crippen molar-refractivity contribution in [2.45, 2.75) is 77.4 Å². The van der Waals surface area contributed by atoms with Crippen LogP contribution in [0.3, 0.4) is 0 Å². The first kappa shape index (κ1) is 14.4. The molecule has 100 valence electrons. The Kier molecular flexibility index (Phi) is 5.89. The number of nitrogens with zero attached hydrogens (tertiary/aromatic N) is 1. The number of hydrogen-bond donors (Lipinski definition) is 1. The molecule has 1 rings (SSSR count). The Morgan fingerprint density at radius 1 is 1.24 bits per heavy atom. The van der Waals surface area contributed by atoms with E-state index in [1.807, 2.05) is 0 Å². The zero-order valence-corrected chi connectivity index (χ0v) is 11.3. The third kappa shape index (κ3) is 5.02. The van der Waals surface area contributed by atoms with Crippen molar-refractivity contribution in [3.8, 4) is 0 Å². The summed E-state index contributed by atoms with van der Waals surface area (Å²) in [4.78, 5) is 10.8. The van der Waals surface area contributed by atoms with Crippen LogP contribution in [0.4, 0.5) is 0 Å². The van der Waals surface area contributed by atoms with E-state index in [1.165, 1.54) is 32.1 Å². The van der Waals surface area contributed by atoms with Crippen molar-refractivity contribution in [3.63, 3.8) is 0 Å². The molecule has 0 aliphatic heterocycles. The second-order valence-electron chi connectivity index (χ2n) is 5.76. The number of rotatable bonds is 6. The highest BCUT2D eigenvalue weighted by Gasteiger charge is 2.29. The molecule has 4 heteroatoms. The average Bonchev–Trinajstić information content (AvgIpc) is 2.28. The SMILES string of the molecule is CC(C)CC(NC1CCCCC1)C(C)[N+](=O)[O-]. The molecule has 0 spiro atoms. The molecule has 1 N–H and O–H groups in total. The van der Waals surface area contributed by atoms with E-state index in [0.717, 1.165) is 6.42 Å². The van der Waals surface area contributed by atoms with Crippen molar-refractivity contribution < 1.29 is 4.92 Å². The third-order valence-corrected chi connectivity index (χ3v) is 3.70. The fraction of sp³-hybridized carbons (Fsp3) is 1.00. The van der Waals surface area contributed by atoms with E-state index in [0.29, 0.717) is 12.0 Å². The van der Waals surface area contributed by atoms with Crippen LogP contribution in [0.2, 0.25) is 0 Å². The van der Waals surface area contributed by atoms with Gasteiger partial charge in [-0.2, -0.15) is 0 Å². The van der Waals surface area contributed by atoms with E-state index in [2.05, 4.69) is 19.2 Å². The predicted molar refractivity (Wildman–Crippen MR) is 69.7 cm³/mol. The highest BCUT2D eigenvalue weighted by atomic mass is 16.6. The van der Waals surface area contributed by atoms with Gasteiger partial charge in [0.15, 0.2) is 0 Å². The van der Waals surface area contributed by atoms with Crippen LogP contribution >= 0.6 is 0 Å². The van der Waals surface area contributed by atoms with Gasteiger partial charge in [-0.05, 0) is 25.2 Å². The van der Waals surface area contributed by atoms with Gasteiger partial charge in [-0.15, -0.1) is 0 Å². The summed E-state index contributed by atoms with van der Waals surface area (Å²) in [6, 6.07) is 0.0299. The minimum absolute atomic E-state index is 0.0214. The fourth-order valence-corrected chi connectivity index (χ4v) is 2.63. The molecule has 0 aromatic heterocycles. The lowest BCUT2D eigenvalue weighted by atomic mass is 9.92. The van der Waals surface area contributed by atoms with Crippen molar-refractivity contribution in [2.24, 2.45) is 5.92 Å². The number of nitrogens with one attached hydrogen (secondary N) is 1. The summed E-state index contributed by atoms with van der Waals surface area (Å²) in [5, 5.41) is 14.5. The largest absolute Gasteiger partial charge is 0.305 e. The molecular weight excluding hydrogens is 216 g/mol. The summed E-state index contributed by atoms with van der Waals surface area (Å²) in [5.41, 5.74) is 0. The number of nitro groups is 1. The van der Waals surface area contributed by atoms with Crippen molar-refractivity contribution in [1.29, 1.82) is 0 Å². The van der Waals surface area contributed by atoms with Crippen LogP contribution in [-0.2, 0) is 0 Å². The fourth-order valence-electron chi connectivity index (χ4n) is 2.63. The van der Waals surface area contributed by atoms with Gasteiger partial charge in [-0.25, -0.2) is 0 Å². The highest BCUT2D eigenvalue weighted by Crippen LogP contribution is 2.20. The Labute approximate surface area is 104 Å². The smallest absolute Gasteiger partial charge is 0.225 e. The lowest BCUT2D eigenvalue weighted by molar-refractivity contribution is -0.523. The van der Waals surface area contributed by atoms with Gasteiger partial charge in [0.2, 0.25) is 6.04 Å². The zero-order chi connectivity index (χ0) is 12.8. The first-order valence-electron chi connectivity index (χ1n) is 6.90. The summed E-state index contributed by atoms with van der Waals surface area (Å²) < 4.78 is 0.